The highest BCUT2D eigenvalue weighted by Crippen LogP contribution is 2.28. The summed E-state index contributed by atoms with van der Waals surface area (Å²) in [5.41, 5.74) is 8.37. The third-order valence-electron chi connectivity index (χ3n) is 2.60. The Labute approximate surface area is 119 Å². The molecule has 0 saturated heterocycles. The standard InChI is InChI=1S/C13H13BrClNS/c1-8-2-3-11(12(15)4-8)13(16)6-10-5-9(14)7-17-10/h2-5,7,13H,6,16H2,1H3. The molecule has 90 valence electrons. The molecular formula is C13H13BrClNS. The first-order valence-electron chi connectivity index (χ1n) is 5.31. The van der Waals surface area contributed by atoms with Crippen molar-refractivity contribution in [2.75, 3.05) is 0 Å². The molecule has 0 spiro atoms. The topological polar surface area (TPSA) is 26.0 Å². The number of hydrogen-bond donors (Lipinski definition) is 1. The molecule has 0 aliphatic rings. The van der Waals surface area contributed by atoms with Crippen molar-refractivity contribution < 1.29 is 0 Å². The minimum absolute atomic E-state index is 0.0475. The van der Waals surface area contributed by atoms with Gasteiger partial charge in [0.05, 0.1) is 0 Å². The van der Waals surface area contributed by atoms with Crippen LogP contribution in [0.5, 0.6) is 0 Å². The molecule has 0 aliphatic heterocycles. The van der Waals surface area contributed by atoms with Crippen molar-refractivity contribution >= 4 is 38.9 Å². The molecule has 0 aliphatic carbocycles. The smallest absolute Gasteiger partial charge is 0.0456 e. The monoisotopic (exact) mass is 329 g/mol. The maximum Gasteiger partial charge on any atom is 0.0456 e. The third kappa shape index (κ3) is 3.32. The summed E-state index contributed by atoms with van der Waals surface area (Å²) in [6.07, 6.45) is 0.818. The minimum Gasteiger partial charge on any atom is -0.324 e. The quantitative estimate of drug-likeness (QED) is 0.866. The van der Waals surface area contributed by atoms with Crippen molar-refractivity contribution in [2.45, 2.75) is 19.4 Å². The number of hydrogen-bond acceptors (Lipinski definition) is 2. The molecule has 1 aromatic heterocycles. The lowest BCUT2D eigenvalue weighted by molar-refractivity contribution is 0.730. The van der Waals surface area contributed by atoms with Gasteiger partial charge in [-0.15, -0.1) is 11.3 Å². The molecule has 1 heterocycles. The van der Waals surface area contributed by atoms with Crippen LogP contribution in [0, 0.1) is 6.92 Å². The molecule has 0 fully saturated rings. The van der Waals surface area contributed by atoms with Crippen molar-refractivity contribution in [2.24, 2.45) is 5.73 Å². The van der Waals surface area contributed by atoms with Crippen molar-refractivity contribution in [3.05, 3.63) is 55.1 Å². The van der Waals surface area contributed by atoms with E-state index in [1.807, 2.05) is 25.1 Å². The van der Waals surface area contributed by atoms with Gasteiger partial charge in [-0.2, -0.15) is 0 Å². The van der Waals surface area contributed by atoms with E-state index < -0.39 is 0 Å². The summed E-state index contributed by atoms with van der Waals surface area (Å²) < 4.78 is 1.11. The van der Waals surface area contributed by atoms with Gasteiger partial charge in [-0.25, -0.2) is 0 Å². The molecule has 1 unspecified atom stereocenters. The Kier molecular flexibility index (Phi) is 4.26. The summed E-state index contributed by atoms with van der Waals surface area (Å²) in [5.74, 6) is 0. The maximum atomic E-state index is 6.21. The lowest BCUT2D eigenvalue weighted by atomic mass is 10.0. The van der Waals surface area contributed by atoms with Crippen molar-refractivity contribution in [1.82, 2.24) is 0 Å². The number of rotatable bonds is 3. The zero-order chi connectivity index (χ0) is 12.4. The van der Waals surface area contributed by atoms with Gasteiger partial charge in [0.2, 0.25) is 0 Å². The van der Waals surface area contributed by atoms with Crippen molar-refractivity contribution in [1.29, 1.82) is 0 Å². The molecule has 4 heteroatoms. The zero-order valence-corrected chi connectivity index (χ0v) is 12.6. The molecule has 1 nitrogen and oxygen atoms in total. The summed E-state index contributed by atoms with van der Waals surface area (Å²) >= 11 is 11.4. The van der Waals surface area contributed by atoms with E-state index in [0.717, 1.165) is 27.0 Å². The Morgan fingerprint density at radius 2 is 2.18 bits per heavy atom. The van der Waals surface area contributed by atoms with Gasteiger partial charge in [0.15, 0.2) is 0 Å². The maximum absolute atomic E-state index is 6.21. The molecule has 2 aromatic rings. The average Bonchev–Trinajstić information content (AvgIpc) is 2.63. The molecule has 0 amide bonds. The van der Waals surface area contributed by atoms with Crippen LogP contribution < -0.4 is 5.73 Å². The molecule has 0 radical (unpaired) electrons. The van der Waals surface area contributed by atoms with E-state index in [1.54, 1.807) is 11.3 Å². The largest absolute Gasteiger partial charge is 0.324 e. The molecule has 17 heavy (non-hydrogen) atoms. The highest BCUT2D eigenvalue weighted by Gasteiger charge is 2.12. The van der Waals surface area contributed by atoms with E-state index in [2.05, 4.69) is 27.4 Å². The van der Waals surface area contributed by atoms with E-state index in [0.29, 0.717) is 0 Å². The predicted octanol–water partition coefficient (Wildman–Crippen LogP) is 4.71. The van der Waals surface area contributed by atoms with Crippen LogP contribution in [-0.2, 0) is 6.42 Å². The normalized spacial score (nSPS) is 12.7. The Balaban J connectivity index is 2.17. The van der Waals surface area contributed by atoms with Gasteiger partial charge >= 0.3 is 0 Å². The number of nitrogens with two attached hydrogens (primary N) is 1. The van der Waals surface area contributed by atoms with Crippen LogP contribution in [0.2, 0.25) is 5.02 Å². The number of halogens is 2. The first-order valence-corrected chi connectivity index (χ1v) is 7.36. The summed E-state index contributed by atoms with van der Waals surface area (Å²) in [6, 6.07) is 8.08. The molecule has 2 rings (SSSR count). The van der Waals surface area contributed by atoms with Crippen LogP contribution in [0.1, 0.15) is 22.0 Å². The second kappa shape index (κ2) is 5.53. The highest BCUT2D eigenvalue weighted by atomic mass is 79.9. The van der Waals surface area contributed by atoms with Crippen LogP contribution >= 0.6 is 38.9 Å². The Morgan fingerprint density at radius 3 is 2.76 bits per heavy atom. The highest BCUT2D eigenvalue weighted by molar-refractivity contribution is 9.10. The van der Waals surface area contributed by atoms with Crippen molar-refractivity contribution in [3.8, 4) is 0 Å². The van der Waals surface area contributed by atoms with E-state index in [-0.39, 0.29) is 6.04 Å². The third-order valence-corrected chi connectivity index (χ3v) is 4.65. The SMILES string of the molecule is Cc1ccc(C(N)Cc2cc(Br)cs2)c(Cl)c1. The van der Waals surface area contributed by atoms with Crippen LogP contribution in [-0.4, -0.2) is 0 Å². The number of thiophene rings is 1. The summed E-state index contributed by atoms with van der Waals surface area (Å²) in [4.78, 5) is 1.26. The zero-order valence-electron chi connectivity index (χ0n) is 9.41. The fraction of sp³-hybridized carbons (Fsp3) is 0.231. The molecule has 0 bridgehead atoms. The fourth-order valence-electron chi connectivity index (χ4n) is 1.72. The predicted molar refractivity (Wildman–Crippen MR) is 78.8 cm³/mol. The van der Waals surface area contributed by atoms with Gasteiger partial charge in [0, 0.05) is 32.2 Å². The Morgan fingerprint density at radius 1 is 1.41 bits per heavy atom. The first-order chi connectivity index (χ1) is 8.06. The number of benzene rings is 1. The van der Waals surface area contributed by atoms with E-state index in [1.165, 1.54) is 4.88 Å². The van der Waals surface area contributed by atoms with E-state index >= 15 is 0 Å². The number of aryl methyl sites for hydroxylation is 1. The van der Waals surface area contributed by atoms with Crippen molar-refractivity contribution in [3.63, 3.8) is 0 Å². The average molecular weight is 331 g/mol. The van der Waals surface area contributed by atoms with Gasteiger partial charge in [0.1, 0.15) is 0 Å². The van der Waals surface area contributed by atoms with Crippen LogP contribution in [0.15, 0.2) is 34.1 Å². The van der Waals surface area contributed by atoms with E-state index in [4.69, 9.17) is 17.3 Å². The van der Waals surface area contributed by atoms with Crippen LogP contribution in [0.4, 0.5) is 0 Å². The second-order valence-corrected chi connectivity index (χ2v) is 6.39. The molecule has 0 saturated carbocycles. The Bertz CT molecular complexity index is 524. The Hall–Kier alpha value is -0.350. The molecule has 1 atom stereocenters. The lowest BCUT2D eigenvalue weighted by Crippen LogP contribution is -2.13. The van der Waals surface area contributed by atoms with Gasteiger partial charge in [0.25, 0.3) is 0 Å². The summed E-state index contributed by atoms with van der Waals surface area (Å²) in [6.45, 7) is 2.03. The fourth-order valence-corrected chi connectivity index (χ4v) is 3.61. The molecule has 1 aromatic carbocycles. The van der Waals surface area contributed by atoms with E-state index in [9.17, 15) is 0 Å². The second-order valence-electron chi connectivity index (χ2n) is 4.07. The summed E-state index contributed by atoms with van der Waals surface area (Å²) in [5, 5.41) is 2.83. The van der Waals surface area contributed by atoms with Gasteiger partial charge in [-0.3, -0.25) is 0 Å². The lowest BCUT2D eigenvalue weighted by Gasteiger charge is -2.13. The molecule has 2 N–H and O–H groups in total. The van der Waals surface area contributed by atoms with Crippen LogP contribution in [0.25, 0.3) is 0 Å². The first kappa shape index (κ1) is 13.1. The van der Waals surface area contributed by atoms with Crippen LogP contribution in [0.3, 0.4) is 0 Å². The molecular weight excluding hydrogens is 318 g/mol. The van der Waals surface area contributed by atoms with Gasteiger partial charge in [-0.05, 0) is 46.1 Å². The minimum atomic E-state index is -0.0475. The summed E-state index contributed by atoms with van der Waals surface area (Å²) in [7, 11) is 0. The van der Waals surface area contributed by atoms with Gasteiger partial charge < -0.3 is 5.73 Å². The van der Waals surface area contributed by atoms with Gasteiger partial charge in [-0.1, -0.05) is 23.7 Å².